The van der Waals surface area contributed by atoms with Gasteiger partial charge in [-0.25, -0.2) is 0 Å². The van der Waals surface area contributed by atoms with Gasteiger partial charge in [-0.15, -0.1) is 0 Å². The van der Waals surface area contributed by atoms with Crippen molar-refractivity contribution in [1.29, 1.82) is 0 Å². The zero-order valence-corrected chi connectivity index (χ0v) is 14.3. The minimum Gasteiger partial charge on any atom is -0.394 e. The standard InChI is InChI=1S/C8H15NO6.C6H12O5/c1-3(11)9-5-7(13)6(12)4(2-10)15-8(5)14;1-3(8)5(10)6(11)4(9)2-7/h4-8,10,12-14H,2H2,1H3,(H,9,11);2-6,8-11H,1H3/t4-,5-,6-,7-,8?;/m1./s1. The van der Waals surface area contributed by atoms with Crippen LogP contribution in [0.25, 0.3) is 0 Å². The summed E-state index contributed by atoms with van der Waals surface area (Å²) in [5.74, 6) is -0.462. The van der Waals surface area contributed by atoms with Crippen molar-refractivity contribution in [3.8, 4) is 0 Å². The molecule has 154 valence electrons. The zero-order chi connectivity index (χ0) is 20.6. The lowest BCUT2D eigenvalue weighted by Gasteiger charge is -2.40. The number of hydrogen-bond donors (Lipinski definition) is 9. The van der Waals surface area contributed by atoms with Crippen LogP contribution in [0.2, 0.25) is 0 Å². The second-order valence-electron chi connectivity index (χ2n) is 5.80. The fraction of sp³-hybridized carbons (Fsp3) is 0.857. The molecule has 0 radical (unpaired) electrons. The average Bonchev–Trinajstić information content (AvgIpc) is 2.59. The average molecular weight is 385 g/mol. The summed E-state index contributed by atoms with van der Waals surface area (Å²) in [5.41, 5.74) is 0. The van der Waals surface area contributed by atoms with Crippen molar-refractivity contribution in [2.45, 2.75) is 68.9 Å². The predicted octanol–water partition coefficient (Wildman–Crippen LogP) is -5.43. The third-order valence-corrected chi connectivity index (χ3v) is 3.60. The van der Waals surface area contributed by atoms with Crippen LogP contribution >= 0.6 is 0 Å². The van der Waals surface area contributed by atoms with Gasteiger partial charge in [0.05, 0.1) is 12.7 Å². The Labute approximate surface area is 149 Å². The fourth-order valence-electron chi connectivity index (χ4n) is 2.06. The molecule has 0 aromatic carbocycles. The molecule has 0 saturated carbocycles. The van der Waals surface area contributed by atoms with Gasteiger partial charge < -0.3 is 55.7 Å². The van der Waals surface area contributed by atoms with Crippen LogP contribution in [0.3, 0.4) is 0 Å². The van der Waals surface area contributed by atoms with Crippen LogP contribution in [0, 0.1) is 0 Å². The van der Waals surface area contributed by atoms with Crippen molar-refractivity contribution >= 4 is 12.2 Å². The van der Waals surface area contributed by atoms with Crippen LogP contribution < -0.4 is 5.32 Å². The molecule has 5 unspecified atom stereocenters. The minimum atomic E-state index is -1.65. The first-order valence-corrected chi connectivity index (χ1v) is 7.73. The Kier molecular flexibility index (Phi) is 10.9. The van der Waals surface area contributed by atoms with Gasteiger partial charge in [0.1, 0.15) is 42.7 Å². The summed E-state index contributed by atoms with van der Waals surface area (Å²) in [6, 6.07) is -1.10. The first kappa shape index (κ1) is 24.8. The molecule has 12 heteroatoms. The van der Waals surface area contributed by atoms with E-state index in [0.717, 1.165) is 0 Å². The van der Waals surface area contributed by atoms with E-state index in [4.69, 9.17) is 30.3 Å². The fourth-order valence-corrected chi connectivity index (χ4v) is 2.06. The summed E-state index contributed by atoms with van der Waals surface area (Å²) in [4.78, 5) is 20.6. The van der Waals surface area contributed by atoms with Crippen LogP contribution in [-0.4, -0.2) is 115 Å². The molecular formula is C14H27NO11. The Morgan fingerprint density at radius 1 is 1.12 bits per heavy atom. The maximum Gasteiger partial charge on any atom is 0.217 e. The largest absolute Gasteiger partial charge is 0.394 e. The lowest BCUT2D eigenvalue weighted by atomic mass is 9.97. The van der Waals surface area contributed by atoms with Gasteiger partial charge >= 0.3 is 0 Å². The van der Waals surface area contributed by atoms with E-state index in [1.165, 1.54) is 13.8 Å². The topological polar surface area (TPSA) is 217 Å². The van der Waals surface area contributed by atoms with Crippen LogP contribution in [0.1, 0.15) is 13.8 Å². The summed E-state index contributed by atoms with van der Waals surface area (Å²) < 4.78 is 4.81. The Hall–Kier alpha value is -1.22. The molecule has 1 heterocycles. The summed E-state index contributed by atoms with van der Waals surface area (Å²) in [6.07, 6.45) is -11.1. The Morgan fingerprint density at radius 3 is 2.04 bits per heavy atom. The van der Waals surface area contributed by atoms with Crippen molar-refractivity contribution in [1.82, 2.24) is 5.32 Å². The molecule has 26 heavy (non-hydrogen) atoms. The predicted molar refractivity (Wildman–Crippen MR) is 83.3 cm³/mol. The summed E-state index contributed by atoms with van der Waals surface area (Å²) in [6.45, 7) is 1.93. The van der Waals surface area contributed by atoms with Crippen LogP contribution in [-0.2, 0) is 14.3 Å². The number of amides is 1. The first-order valence-electron chi connectivity index (χ1n) is 7.73. The molecule has 0 aliphatic carbocycles. The van der Waals surface area contributed by atoms with E-state index in [2.05, 4.69) is 5.32 Å². The second-order valence-corrected chi connectivity index (χ2v) is 5.80. The maximum absolute atomic E-state index is 10.7. The van der Waals surface area contributed by atoms with Crippen LogP contribution in [0.4, 0.5) is 0 Å². The SMILES string of the molecule is CC(=O)N[C@H]1C(O)O[C@H](CO)[C@@H](O)[C@@H]1O.CC(O)C(O)C(O)C(O)C=O. The zero-order valence-electron chi connectivity index (χ0n) is 14.3. The van der Waals surface area contributed by atoms with Gasteiger partial charge in [-0.2, -0.15) is 0 Å². The summed E-state index contributed by atoms with van der Waals surface area (Å²) in [5, 5.41) is 74.5. The van der Waals surface area contributed by atoms with E-state index in [1.807, 2.05) is 0 Å². The normalized spacial score (nSPS) is 33.1. The first-order chi connectivity index (χ1) is 12.0. The van der Waals surface area contributed by atoms with Gasteiger partial charge in [0.15, 0.2) is 12.6 Å². The number of ether oxygens (including phenoxy) is 1. The Bertz CT molecular complexity index is 435. The smallest absolute Gasteiger partial charge is 0.217 e. The van der Waals surface area contributed by atoms with Crippen molar-refractivity contribution in [3.05, 3.63) is 0 Å². The molecule has 9 atom stereocenters. The molecule has 12 nitrogen and oxygen atoms in total. The molecule has 0 spiro atoms. The molecule has 0 aromatic heterocycles. The highest BCUT2D eigenvalue weighted by Crippen LogP contribution is 2.19. The molecule has 1 aliphatic rings. The van der Waals surface area contributed by atoms with E-state index in [1.54, 1.807) is 0 Å². The molecule has 1 aliphatic heterocycles. The van der Waals surface area contributed by atoms with E-state index in [-0.39, 0.29) is 6.29 Å². The number of nitrogens with one attached hydrogen (secondary N) is 1. The van der Waals surface area contributed by atoms with Crippen molar-refractivity contribution in [3.63, 3.8) is 0 Å². The third-order valence-electron chi connectivity index (χ3n) is 3.60. The number of hydrogen-bond acceptors (Lipinski definition) is 11. The number of aldehydes is 1. The van der Waals surface area contributed by atoms with Crippen molar-refractivity contribution < 1.29 is 55.2 Å². The Balaban J connectivity index is 0.000000508. The lowest BCUT2D eigenvalue weighted by Crippen LogP contribution is -2.63. The number of carbonyl (C=O) groups excluding carboxylic acids is 2. The summed E-state index contributed by atoms with van der Waals surface area (Å²) >= 11 is 0. The van der Waals surface area contributed by atoms with E-state index in [9.17, 15) is 24.9 Å². The van der Waals surface area contributed by atoms with Crippen LogP contribution in [0.5, 0.6) is 0 Å². The summed E-state index contributed by atoms with van der Waals surface area (Å²) in [7, 11) is 0. The van der Waals surface area contributed by atoms with Crippen molar-refractivity contribution in [2.24, 2.45) is 0 Å². The van der Waals surface area contributed by atoms with E-state index < -0.39 is 67.6 Å². The highest BCUT2D eigenvalue weighted by Gasteiger charge is 2.43. The maximum atomic E-state index is 10.7. The van der Waals surface area contributed by atoms with Gasteiger partial charge in [0.2, 0.25) is 5.91 Å². The minimum absolute atomic E-state index is 0.0935. The van der Waals surface area contributed by atoms with Gasteiger partial charge in [0.25, 0.3) is 0 Å². The number of rotatable bonds is 6. The van der Waals surface area contributed by atoms with Crippen molar-refractivity contribution in [2.75, 3.05) is 6.61 Å². The molecule has 1 fully saturated rings. The number of aliphatic hydroxyl groups is 8. The van der Waals surface area contributed by atoms with Gasteiger partial charge in [-0.1, -0.05) is 0 Å². The lowest BCUT2D eigenvalue weighted by molar-refractivity contribution is -0.253. The Morgan fingerprint density at radius 2 is 1.65 bits per heavy atom. The van der Waals surface area contributed by atoms with Gasteiger partial charge in [0, 0.05) is 6.92 Å². The molecule has 0 aromatic rings. The van der Waals surface area contributed by atoms with E-state index in [0.29, 0.717) is 0 Å². The molecule has 1 amide bonds. The van der Waals surface area contributed by atoms with Gasteiger partial charge in [-0.05, 0) is 6.92 Å². The highest BCUT2D eigenvalue weighted by molar-refractivity contribution is 5.73. The quantitative estimate of drug-likeness (QED) is 0.196. The molecule has 9 N–H and O–H groups in total. The number of carbonyl (C=O) groups is 2. The van der Waals surface area contributed by atoms with Gasteiger partial charge in [-0.3, -0.25) is 4.79 Å². The molecule has 1 rings (SSSR count). The molecular weight excluding hydrogens is 358 g/mol. The molecule has 0 bridgehead atoms. The van der Waals surface area contributed by atoms with Crippen LogP contribution in [0.15, 0.2) is 0 Å². The molecule has 1 saturated heterocycles. The highest BCUT2D eigenvalue weighted by atomic mass is 16.6. The number of aliphatic hydroxyl groups excluding tert-OH is 8. The second kappa shape index (κ2) is 11.5. The monoisotopic (exact) mass is 385 g/mol. The van der Waals surface area contributed by atoms with E-state index >= 15 is 0 Å². The third kappa shape index (κ3) is 7.19.